The fourth-order valence-corrected chi connectivity index (χ4v) is 3.12. The molecule has 0 spiro atoms. The van der Waals surface area contributed by atoms with Gasteiger partial charge in [-0.3, -0.25) is 0 Å². The van der Waals surface area contributed by atoms with Gasteiger partial charge in [-0.25, -0.2) is 0 Å². The second-order valence-corrected chi connectivity index (χ2v) is 5.91. The molecule has 0 radical (unpaired) electrons. The summed E-state index contributed by atoms with van der Waals surface area (Å²) >= 11 is 0. The van der Waals surface area contributed by atoms with Crippen LogP contribution in [0.4, 0.5) is 13.2 Å². The molecule has 2 N–H and O–H groups in total. The van der Waals surface area contributed by atoms with Crippen molar-refractivity contribution >= 4 is 0 Å². The molecule has 1 fully saturated rings. The summed E-state index contributed by atoms with van der Waals surface area (Å²) in [7, 11) is 0. The lowest BCUT2D eigenvalue weighted by Crippen LogP contribution is -2.37. The quantitative estimate of drug-likeness (QED) is 0.901. The molecule has 0 saturated heterocycles. The molecular formula is C16H22F3NO. The Morgan fingerprint density at radius 3 is 2.43 bits per heavy atom. The maximum absolute atomic E-state index is 12.1. The third-order valence-electron chi connectivity index (χ3n) is 4.38. The molecule has 1 saturated carbocycles. The van der Waals surface area contributed by atoms with Gasteiger partial charge in [0.1, 0.15) is 5.75 Å². The van der Waals surface area contributed by atoms with Crippen molar-refractivity contribution in [3.8, 4) is 5.75 Å². The van der Waals surface area contributed by atoms with Crippen LogP contribution >= 0.6 is 0 Å². The summed E-state index contributed by atoms with van der Waals surface area (Å²) in [5.41, 5.74) is 7.20. The van der Waals surface area contributed by atoms with E-state index in [9.17, 15) is 13.2 Å². The van der Waals surface area contributed by atoms with Crippen molar-refractivity contribution in [2.75, 3.05) is 0 Å². The first kappa shape index (κ1) is 16.1. The molecule has 0 heterocycles. The minimum atomic E-state index is -4.64. The van der Waals surface area contributed by atoms with Crippen LogP contribution in [0.15, 0.2) is 24.3 Å². The van der Waals surface area contributed by atoms with Gasteiger partial charge in [0.15, 0.2) is 0 Å². The summed E-state index contributed by atoms with van der Waals surface area (Å²) < 4.78 is 40.2. The van der Waals surface area contributed by atoms with Gasteiger partial charge in [-0.1, -0.05) is 25.5 Å². The molecule has 0 aromatic heterocycles. The average molecular weight is 301 g/mol. The number of halogens is 3. The molecule has 1 aromatic rings. The monoisotopic (exact) mass is 301 g/mol. The van der Waals surface area contributed by atoms with Crippen LogP contribution in [-0.4, -0.2) is 12.4 Å². The first-order valence-corrected chi connectivity index (χ1v) is 7.47. The highest BCUT2D eigenvalue weighted by Crippen LogP contribution is 2.33. The van der Waals surface area contributed by atoms with Gasteiger partial charge in [-0.05, 0) is 55.2 Å². The zero-order valence-electron chi connectivity index (χ0n) is 12.2. The van der Waals surface area contributed by atoms with Crippen LogP contribution in [0, 0.1) is 11.8 Å². The zero-order valence-corrected chi connectivity index (χ0v) is 12.2. The molecule has 1 aliphatic rings. The maximum atomic E-state index is 12.1. The Kier molecular flexibility index (Phi) is 5.14. The summed E-state index contributed by atoms with van der Waals surface area (Å²) in [4.78, 5) is 0. The predicted molar refractivity (Wildman–Crippen MR) is 75.9 cm³/mol. The van der Waals surface area contributed by atoms with Crippen molar-refractivity contribution < 1.29 is 17.9 Å². The molecule has 2 nitrogen and oxygen atoms in total. The van der Waals surface area contributed by atoms with Gasteiger partial charge in [0.05, 0.1) is 0 Å². The standard InChI is InChI=1S/C16H22F3NO/c1-2-11-5-8-15(20)13(9-11)10-12-3-6-14(7-4-12)21-16(17,18)19/h3-4,6-7,11,13,15H,2,5,8-10,20H2,1H3. The fourth-order valence-electron chi connectivity index (χ4n) is 3.12. The lowest BCUT2D eigenvalue weighted by molar-refractivity contribution is -0.274. The molecule has 3 atom stereocenters. The Morgan fingerprint density at radius 1 is 1.19 bits per heavy atom. The molecular weight excluding hydrogens is 279 g/mol. The molecule has 1 aromatic carbocycles. The Labute approximate surface area is 123 Å². The topological polar surface area (TPSA) is 35.2 Å². The van der Waals surface area contributed by atoms with E-state index < -0.39 is 6.36 Å². The summed E-state index contributed by atoms with van der Waals surface area (Å²) in [5, 5.41) is 0. The Balaban J connectivity index is 1.96. The molecule has 0 amide bonds. The number of hydrogen-bond donors (Lipinski definition) is 1. The second kappa shape index (κ2) is 6.69. The van der Waals surface area contributed by atoms with Gasteiger partial charge < -0.3 is 10.5 Å². The van der Waals surface area contributed by atoms with Gasteiger partial charge in [-0.2, -0.15) is 0 Å². The zero-order chi connectivity index (χ0) is 15.5. The number of hydrogen-bond acceptors (Lipinski definition) is 2. The largest absolute Gasteiger partial charge is 0.573 e. The van der Waals surface area contributed by atoms with Gasteiger partial charge >= 0.3 is 6.36 Å². The van der Waals surface area contributed by atoms with E-state index in [0.29, 0.717) is 5.92 Å². The fraction of sp³-hybridized carbons (Fsp3) is 0.625. The summed E-state index contributed by atoms with van der Waals surface area (Å²) in [6.45, 7) is 2.20. The molecule has 0 aliphatic heterocycles. The Morgan fingerprint density at radius 2 is 1.86 bits per heavy atom. The van der Waals surface area contributed by atoms with Gasteiger partial charge in [0.25, 0.3) is 0 Å². The molecule has 118 valence electrons. The van der Waals surface area contributed by atoms with Crippen LogP contribution < -0.4 is 10.5 Å². The van der Waals surface area contributed by atoms with Crippen molar-refractivity contribution in [2.45, 2.75) is 51.4 Å². The van der Waals surface area contributed by atoms with Crippen LogP contribution in [0.5, 0.6) is 5.75 Å². The van der Waals surface area contributed by atoms with Gasteiger partial charge in [-0.15, -0.1) is 13.2 Å². The van der Waals surface area contributed by atoms with E-state index in [4.69, 9.17) is 5.73 Å². The van der Waals surface area contributed by atoms with E-state index in [2.05, 4.69) is 11.7 Å². The summed E-state index contributed by atoms with van der Waals surface area (Å²) in [5.74, 6) is 0.964. The summed E-state index contributed by atoms with van der Waals surface area (Å²) in [6.07, 6.45) is 0.691. The Hall–Kier alpha value is -1.23. The third-order valence-corrected chi connectivity index (χ3v) is 4.38. The average Bonchev–Trinajstić information content (AvgIpc) is 2.42. The van der Waals surface area contributed by atoms with Crippen LogP contribution in [0.25, 0.3) is 0 Å². The van der Waals surface area contributed by atoms with E-state index in [0.717, 1.165) is 30.7 Å². The van der Waals surface area contributed by atoms with Crippen molar-refractivity contribution in [3.63, 3.8) is 0 Å². The van der Waals surface area contributed by atoms with E-state index in [-0.39, 0.29) is 11.8 Å². The lowest BCUT2D eigenvalue weighted by Gasteiger charge is -2.34. The number of ether oxygens (including phenoxy) is 1. The Bertz CT molecular complexity index is 444. The minimum Gasteiger partial charge on any atom is -0.406 e. The molecule has 0 bridgehead atoms. The highest BCUT2D eigenvalue weighted by atomic mass is 19.4. The van der Waals surface area contributed by atoms with Crippen LogP contribution in [-0.2, 0) is 6.42 Å². The normalized spacial score (nSPS) is 26.6. The van der Waals surface area contributed by atoms with Gasteiger partial charge in [0, 0.05) is 6.04 Å². The van der Waals surface area contributed by atoms with E-state index in [1.807, 2.05) is 0 Å². The predicted octanol–water partition coefficient (Wildman–Crippen LogP) is 4.28. The number of benzene rings is 1. The molecule has 2 rings (SSSR count). The smallest absolute Gasteiger partial charge is 0.406 e. The number of rotatable bonds is 4. The molecule has 5 heteroatoms. The molecule has 3 unspecified atom stereocenters. The third kappa shape index (κ3) is 4.92. The van der Waals surface area contributed by atoms with E-state index in [1.54, 1.807) is 12.1 Å². The first-order valence-electron chi connectivity index (χ1n) is 7.47. The minimum absolute atomic E-state index is 0.175. The highest BCUT2D eigenvalue weighted by Gasteiger charge is 2.31. The number of alkyl halides is 3. The molecule has 21 heavy (non-hydrogen) atoms. The van der Waals surface area contributed by atoms with Crippen LogP contribution in [0.1, 0.15) is 38.2 Å². The lowest BCUT2D eigenvalue weighted by atomic mass is 9.75. The molecule has 1 aliphatic carbocycles. The van der Waals surface area contributed by atoms with E-state index in [1.165, 1.54) is 25.0 Å². The second-order valence-electron chi connectivity index (χ2n) is 5.91. The van der Waals surface area contributed by atoms with Crippen molar-refractivity contribution in [1.29, 1.82) is 0 Å². The van der Waals surface area contributed by atoms with E-state index >= 15 is 0 Å². The van der Waals surface area contributed by atoms with Crippen molar-refractivity contribution in [1.82, 2.24) is 0 Å². The van der Waals surface area contributed by atoms with Crippen LogP contribution in [0.2, 0.25) is 0 Å². The van der Waals surface area contributed by atoms with Crippen LogP contribution in [0.3, 0.4) is 0 Å². The summed E-state index contributed by atoms with van der Waals surface area (Å²) in [6, 6.07) is 6.33. The van der Waals surface area contributed by atoms with Gasteiger partial charge in [0.2, 0.25) is 0 Å². The number of nitrogens with two attached hydrogens (primary N) is 1. The SMILES string of the molecule is CCC1CCC(N)C(Cc2ccc(OC(F)(F)F)cc2)C1. The first-order chi connectivity index (χ1) is 9.87. The maximum Gasteiger partial charge on any atom is 0.573 e. The van der Waals surface area contributed by atoms with Crippen molar-refractivity contribution in [3.05, 3.63) is 29.8 Å². The highest BCUT2D eigenvalue weighted by molar-refractivity contribution is 5.27. The van der Waals surface area contributed by atoms with Crippen molar-refractivity contribution in [2.24, 2.45) is 17.6 Å².